The summed E-state index contributed by atoms with van der Waals surface area (Å²) < 4.78 is 38.8. The van der Waals surface area contributed by atoms with E-state index in [4.69, 9.17) is 0 Å². The first-order chi connectivity index (χ1) is 12.9. The largest absolute Gasteiger partial charge is 0.416 e. The van der Waals surface area contributed by atoms with Gasteiger partial charge in [-0.2, -0.15) is 24.5 Å². The van der Waals surface area contributed by atoms with Gasteiger partial charge in [0, 0.05) is 17.5 Å². The number of nitrogens with one attached hydrogen (secondary N) is 1. The number of likely N-dealkylation sites (tertiary alicyclic amines) is 1. The van der Waals surface area contributed by atoms with Gasteiger partial charge >= 0.3 is 6.18 Å². The number of aromatic nitrogens is 2. The normalized spacial score (nSPS) is 17.4. The lowest BCUT2D eigenvalue weighted by atomic mass is 10.1. The van der Waals surface area contributed by atoms with E-state index in [-0.39, 0.29) is 11.9 Å². The molecule has 27 heavy (non-hydrogen) atoms. The number of nitrogens with zero attached hydrogens (tertiary/aromatic N) is 2. The summed E-state index contributed by atoms with van der Waals surface area (Å²) in [5.41, 5.74) is 0.867. The summed E-state index contributed by atoms with van der Waals surface area (Å²) >= 11 is 1.47. The first-order valence-corrected chi connectivity index (χ1v) is 9.43. The summed E-state index contributed by atoms with van der Waals surface area (Å²) in [5, 5.41) is 3.67. The number of hydrogen-bond donors (Lipinski definition) is 1. The fraction of sp³-hybridized carbons (Fsp3) is 0.263. The second-order valence-corrected chi connectivity index (χ2v) is 7.21. The molecule has 8 heteroatoms. The highest BCUT2D eigenvalue weighted by Gasteiger charge is 2.33. The van der Waals surface area contributed by atoms with Gasteiger partial charge in [-0.05, 0) is 36.4 Å². The fourth-order valence-corrected chi connectivity index (χ4v) is 3.99. The number of thiophene rings is 1. The second kappa shape index (κ2) is 6.84. The average molecular weight is 391 g/mol. The van der Waals surface area contributed by atoms with Crippen LogP contribution in [-0.4, -0.2) is 27.3 Å². The lowest BCUT2D eigenvalue weighted by Crippen LogP contribution is -2.30. The van der Waals surface area contributed by atoms with Crippen molar-refractivity contribution in [1.29, 1.82) is 0 Å². The third-order valence-corrected chi connectivity index (χ3v) is 5.38. The summed E-state index contributed by atoms with van der Waals surface area (Å²) in [6.45, 7) is 0.638. The molecule has 2 aromatic heterocycles. The molecular weight excluding hydrogens is 375 g/mol. The van der Waals surface area contributed by atoms with Gasteiger partial charge in [-0.1, -0.05) is 12.1 Å². The second-order valence-electron chi connectivity index (χ2n) is 6.43. The molecule has 1 aliphatic rings. The number of rotatable bonds is 3. The number of halogens is 3. The zero-order valence-corrected chi connectivity index (χ0v) is 15.0. The molecule has 0 unspecified atom stereocenters. The van der Waals surface area contributed by atoms with Gasteiger partial charge < -0.3 is 9.88 Å². The Morgan fingerprint density at radius 3 is 2.89 bits per heavy atom. The van der Waals surface area contributed by atoms with Crippen LogP contribution in [0.25, 0.3) is 11.3 Å². The van der Waals surface area contributed by atoms with Crippen LogP contribution >= 0.6 is 11.3 Å². The lowest BCUT2D eigenvalue weighted by molar-refractivity contribution is -0.137. The number of imidazole rings is 1. The zero-order chi connectivity index (χ0) is 19.0. The third kappa shape index (κ3) is 3.49. The van der Waals surface area contributed by atoms with E-state index in [1.165, 1.54) is 23.6 Å². The van der Waals surface area contributed by atoms with Crippen molar-refractivity contribution in [1.82, 2.24) is 14.9 Å². The predicted molar refractivity (Wildman–Crippen MR) is 96.4 cm³/mol. The fourth-order valence-electron chi connectivity index (χ4n) is 3.36. The minimum Gasteiger partial charge on any atom is -0.340 e. The van der Waals surface area contributed by atoms with E-state index >= 15 is 0 Å². The molecule has 1 atom stereocenters. The van der Waals surface area contributed by atoms with Crippen LogP contribution in [-0.2, 0) is 6.18 Å². The first kappa shape index (κ1) is 17.8. The highest BCUT2D eigenvalue weighted by Crippen LogP contribution is 2.34. The van der Waals surface area contributed by atoms with Gasteiger partial charge in [0.25, 0.3) is 5.91 Å². The highest BCUT2D eigenvalue weighted by atomic mass is 32.1. The molecule has 3 aromatic rings. The van der Waals surface area contributed by atoms with E-state index < -0.39 is 11.7 Å². The molecule has 1 N–H and O–H groups in total. The molecule has 0 saturated carbocycles. The Morgan fingerprint density at radius 2 is 2.15 bits per heavy atom. The van der Waals surface area contributed by atoms with Crippen LogP contribution in [0.2, 0.25) is 0 Å². The Balaban J connectivity index is 1.60. The summed E-state index contributed by atoms with van der Waals surface area (Å²) in [4.78, 5) is 21.9. The molecule has 0 bridgehead atoms. The van der Waals surface area contributed by atoms with Crippen molar-refractivity contribution in [3.05, 3.63) is 64.2 Å². The first-order valence-electron chi connectivity index (χ1n) is 8.49. The van der Waals surface area contributed by atoms with E-state index in [1.807, 2.05) is 10.8 Å². The topological polar surface area (TPSA) is 49.0 Å². The van der Waals surface area contributed by atoms with Crippen molar-refractivity contribution in [2.75, 3.05) is 6.54 Å². The molecular formula is C19H16F3N3OS. The quantitative estimate of drug-likeness (QED) is 0.673. The van der Waals surface area contributed by atoms with Crippen LogP contribution in [0.1, 0.15) is 40.6 Å². The molecule has 4 nitrogen and oxygen atoms in total. The Kier molecular flexibility index (Phi) is 4.51. The van der Waals surface area contributed by atoms with E-state index in [0.717, 1.165) is 25.0 Å². The maximum absolute atomic E-state index is 12.9. The SMILES string of the molecule is O=C(c1ccsc1)N1CCC[C@H]1c1ncc(-c2cccc(C(F)(F)F)c2)[nH]1. The standard InChI is InChI=1S/C19H16F3N3OS/c20-19(21,22)14-4-1-3-12(9-14)15-10-23-17(24-15)16-5-2-7-25(16)18(26)13-6-8-27-11-13/h1,3-4,6,8-11,16H,2,5,7H2,(H,23,24)/t16-/m0/s1. The molecule has 0 aliphatic carbocycles. The number of carbonyl (C=O) groups excluding carboxylic acids is 1. The monoisotopic (exact) mass is 391 g/mol. The predicted octanol–water partition coefficient (Wildman–Crippen LogP) is 5.13. The molecule has 1 amide bonds. The van der Waals surface area contributed by atoms with Crippen LogP contribution in [0.4, 0.5) is 13.2 Å². The molecule has 0 spiro atoms. The smallest absolute Gasteiger partial charge is 0.340 e. The summed E-state index contributed by atoms with van der Waals surface area (Å²) in [6, 6.07) is 6.71. The van der Waals surface area contributed by atoms with E-state index in [2.05, 4.69) is 9.97 Å². The van der Waals surface area contributed by atoms with Gasteiger partial charge in [0.2, 0.25) is 0 Å². The summed E-state index contributed by atoms with van der Waals surface area (Å²) in [7, 11) is 0. The van der Waals surface area contributed by atoms with Gasteiger partial charge in [0.15, 0.2) is 0 Å². The molecule has 1 aromatic carbocycles. The molecule has 1 aliphatic heterocycles. The molecule has 1 saturated heterocycles. The Morgan fingerprint density at radius 1 is 1.30 bits per heavy atom. The molecule has 140 valence electrons. The van der Waals surface area contributed by atoms with E-state index in [9.17, 15) is 18.0 Å². The Bertz CT molecular complexity index is 949. The van der Waals surface area contributed by atoms with Crippen molar-refractivity contribution in [3.8, 4) is 11.3 Å². The number of benzene rings is 1. The number of H-pyrrole nitrogens is 1. The summed E-state index contributed by atoms with van der Waals surface area (Å²) in [6.07, 6.45) is -1.24. The maximum atomic E-state index is 12.9. The van der Waals surface area contributed by atoms with Crippen LogP contribution in [0, 0.1) is 0 Å². The molecule has 1 fully saturated rings. The van der Waals surface area contributed by atoms with Crippen molar-refractivity contribution in [3.63, 3.8) is 0 Å². The van der Waals surface area contributed by atoms with E-state index in [0.29, 0.717) is 29.2 Å². The molecule has 0 radical (unpaired) electrons. The highest BCUT2D eigenvalue weighted by molar-refractivity contribution is 7.08. The van der Waals surface area contributed by atoms with Crippen LogP contribution in [0.15, 0.2) is 47.3 Å². The minimum absolute atomic E-state index is 0.0456. The summed E-state index contributed by atoms with van der Waals surface area (Å²) in [5.74, 6) is 0.555. The maximum Gasteiger partial charge on any atom is 0.416 e. The lowest BCUT2D eigenvalue weighted by Gasteiger charge is -2.22. The van der Waals surface area contributed by atoms with Gasteiger partial charge in [-0.15, -0.1) is 0 Å². The number of hydrogen-bond acceptors (Lipinski definition) is 3. The number of carbonyl (C=O) groups is 1. The van der Waals surface area contributed by atoms with Crippen LogP contribution < -0.4 is 0 Å². The van der Waals surface area contributed by atoms with Crippen molar-refractivity contribution in [2.45, 2.75) is 25.1 Å². The van der Waals surface area contributed by atoms with Crippen molar-refractivity contribution >= 4 is 17.2 Å². The van der Waals surface area contributed by atoms with Gasteiger partial charge in [0.05, 0.1) is 29.1 Å². The van der Waals surface area contributed by atoms with Gasteiger partial charge in [-0.25, -0.2) is 4.98 Å². The number of aromatic amines is 1. The zero-order valence-electron chi connectivity index (χ0n) is 14.2. The average Bonchev–Trinajstić information content (AvgIpc) is 3.41. The third-order valence-electron chi connectivity index (χ3n) is 4.69. The number of amides is 1. The van der Waals surface area contributed by atoms with Gasteiger partial charge in [-0.3, -0.25) is 4.79 Å². The van der Waals surface area contributed by atoms with Crippen LogP contribution in [0.3, 0.4) is 0 Å². The Labute approximate surface area is 157 Å². The molecule has 4 rings (SSSR count). The minimum atomic E-state index is -4.39. The van der Waals surface area contributed by atoms with Crippen molar-refractivity contribution < 1.29 is 18.0 Å². The van der Waals surface area contributed by atoms with Crippen molar-refractivity contribution in [2.24, 2.45) is 0 Å². The van der Waals surface area contributed by atoms with Gasteiger partial charge in [0.1, 0.15) is 5.82 Å². The van der Waals surface area contributed by atoms with E-state index in [1.54, 1.807) is 17.0 Å². The Hall–Kier alpha value is -2.61. The van der Waals surface area contributed by atoms with Crippen LogP contribution in [0.5, 0.6) is 0 Å². The molecule has 3 heterocycles. The number of alkyl halides is 3.